The van der Waals surface area contributed by atoms with Crippen molar-refractivity contribution < 1.29 is 14.3 Å². The van der Waals surface area contributed by atoms with Crippen LogP contribution in [0.3, 0.4) is 0 Å². The molecule has 1 aliphatic rings. The molecule has 1 aromatic carbocycles. The van der Waals surface area contributed by atoms with Crippen LogP contribution in [-0.4, -0.2) is 26.3 Å². The molecule has 1 fully saturated rings. The van der Waals surface area contributed by atoms with Crippen LogP contribution < -0.4 is 15.8 Å². The third-order valence-electron chi connectivity index (χ3n) is 3.30. The molecular weight excluding hydrogens is 232 g/mol. The van der Waals surface area contributed by atoms with Crippen LogP contribution in [0.15, 0.2) is 18.2 Å². The number of rotatable bonds is 4. The van der Waals surface area contributed by atoms with Gasteiger partial charge in [-0.3, -0.25) is 0 Å². The number of alkyl carbamates (subject to hydrolysis) is 1. The highest BCUT2D eigenvalue weighted by Gasteiger charge is 2.43. The van der Waals surface area contributed by atoms with Gasteiger partial charge in [0.25, 0.3) is 0 Å². The van der Waals surface area contributed by atoms with Crippen molar-refractivity contribution in [3.63, 3.8) is 0 Å². The number of hydrogen-bond donors (Lipinski definition) is 2. The summed E-state index contributed by atoms with van der Waals surface area (Å²) in [4.78, 5) is 11.3. The smallest absolute Gasteiger partial charge is 0.408 e. The number of carbonyl (C=O) groups is 1. The summed E-state index contributed by atoms with van der Waals surface area (Å²) in [7, 11) is 1.60. The highest BCUT2D eigenvalue weighted by atomic mass is 16.6. The zero-order valence-electron chi connectivity index (χ0n) is 10.7. The van der Waals surface area contributed by atoms with Crippen LogP contribution in [0, 0.1) is 0 Å². The first-order chi connectivity index (χ1) is 8.65. The topological polar surface area (TPSA) is 73.6 Å². The summed E-state index contributed by atoms with van der Waals surface area (Å²) >= 11 is 0. The lowest BCUT2D eigenvalue weighted by Gasteiger charge is -2.27. The van der Waals surface area contributed by atoms with E-state index in [1.165, 1.54) is 0 Å². The molecule has 0 radical (unpaired) electrons. The molecule has 1 aliphatic heterocycles. The lowest BCUT2D eigenvalue weighted by molar-refractivity contribution is 0.0596. The quantitative estimate of drug-likeness (QED) is 0.840. The van der Waals surface area contributed by atoms with E-state index in [0.717, 1.165) is 17.5 Å². The Kier molecular flexibility index (Phi) is 3.43. The molecule has 3 N–H and O–H groups in total. The highest BCUT2D eigenvalue weighted by molar-refractivity contribution is 5.71. The minimum absolute atomic E-state index is 0.218. The number of hydrogen-bond acceptors (Lipinski definition) is 4. The summed E-state index contributed by atoms with van der Waals surface area (Å²) in [5.74, 6) is 0.689. The fraction of sp³-hybridized carbons (Fsp3) is 0.462. The molecule has 1 aromatic rings. The number of nitrogens with two attached hydrogens (primary N) is 1. The third kappa shape index (κ3) is 2.01. The van der Waals surface area contributed by atoms with Gasteiger partial charge < -0.3 is 20.5 Å². The number of benzene rings is 1. The second-order valence-electron chi connectivity index (χ2n) is 4.33. The molecule has 0 saturated carbocycles. The van der Waals surface area contributed by atoms with E-state index in [1.807, 2.05) is 18.2 Å². The number of amides is 1. The molecule has 1 heterocycles. The Bertz CT molecular complexity index is 462. The van der Waals surface area contributed by atoms with Crippen LogP contribution >= 0.6 is 0 Å². The summed E-state index contributed by atoms with van der Waals surface area (Å²) in [5.41, 5.74) is 6.96. The van der Waals surface area contributed by atoms with Gasteiger partial charge in [-0.05, 0) is 24.1 Å². The van der Waals surface area contributed by atoms with Gasteiger partial charge in [-0.1, -0.05) is 13.0 Å². The molecule has 0 aromatic heterocycles. The Morgan fingerprint density at radius 2 is 2.33 bits per heavy atom. The average Bonchev–Trinajstić information content (AvgIpc) is 2.80. The van der Waals surface area contributed by atoms with E-state index in [9.17, 15) is 4.79 Å². The van der Waals surface area contributed by atoms with E-state index >= 15 is 0 Å². The predicted octanol–water partition coefficient (Wildman–Crippen LogP) is 1.15. The molecule has 2 rings (SSSR count). The molecule has 1 saturated heterocycles. The van der Waals surface area contributed by atoms with Gasteiger partial charge in [0.2, 0.25) is 0 Å². The molecule has 98 valence electrons. The number of carbonyl (C=O) groups excluding carboxylic acids is 1. The summed E-state index contributed by atoms with van der Waals surface area (Å²) in [6.07, 6.45) is 0.461. The van der Waals surface area contributed by atoms with Crippen LogP contribution in [0.5, 0.6) is 5.75 Å². The number of aryl methyl sites for hydroxylation is 1. The van der Waals surface area contributed by atoms with Crippen molar-refractivity contribution in [2.45, 2.75) is 18.9 Å². The Balaban J connectivity index is 2.49. The second kappa shape index (κ2) is 4.86. The number of methoxy groups -OCH3 is 1. The first-order valence-corrected chi connectivity index (χ1v) is 5.99. The average molecular weight is 250 g/mol. The predicted molar refractivity (Wildman–Crippen MR) is 67.6 cm³/mol. The largest absolute Gasteiger partial charge is 0.496 e. The lowest BCUT2D eigenvalue weighted by atomic mass is 9.91. The molecule has 1 unspecified atom stereocenters. The maximum absolute atomic E-state index is 11.3. The van der Waals surface area contributed by atoms with Crippen molar-refractivity contribution in [1.82, 2.24) is 5.32 Å². The van der Waals surface area contributed by atoms with E-state index < -0.39 is 11.7 Å². The maximum atomic E-state index is 11.3. The highest BCUT2D eigenvalue weighted by Crippen LogP contribution is 2.35. The van der Waals surface area contributed by atoms with Crippen LogP contribution in [-0.2, 0) is 16.8 Å². The number of nitrogens with one attached hydrogen (secondary N) is 1. The lowest BCUT2D eigenvalue weighted by Crippen LogP contribution is -2.39. The molecule has 0 bridgehead atoms. The van der Waals surface area contributed by atoms with E-state index in [0.29, 0.717) is 12.3 Å². The van der Waals surface area contributed by atoms with Crippen molar-refractivity contribution in [2.24, 2.45) is 5.73 Å². The van der Waals surface area contributed by atoms with Gasteiger partial charge >= 0.3 is 6.09 Å². The van der Waals surface area contributed by atoms with Gasteiger partial charge in [-0.25, -0.2) is 4.79 Å². The van der Waals surface area contributed by atoms with E-state index in [-0.39, 0.29) is 6.54 Å². The Hall–Kier alpha value is -1.75. The van der Waals surface area contributed by atoms with Crippen LogP contribution in [0.2, 0.25) is 0 Å². The molecule has 18 heavy (non-hydrogen) atoms. The molecule has 0 spiro atoms. The zero-order valence-corrected chi connectivity index (χ0v) is 10.7. The van der Waals surface area contributed by atoms with Crippen molar-refractivity contribution in [2.75, 3.05) is 20.2 Å². The minimum atomic E-state index is -0.826. The molecule has 5 nitrogen and oxygen atoms in total. The molecule has 0 aliphatic carbocycles. The summed E-state index contributed by atoms with van der Waals surface area (Å²) in [6.45, 7) is 2.65. The van der Waals surface area contributed by atoms with Gasteiger partial charge in [0, 0.05) is 12.1 Å². The van der Waals surface area contributed by atoms with E-state index in [4.69, 9.17) is 15.2 Å². The van der Waals surface area contributed by atoms with Gasteiger partial charge in [0.15, 0.2) is 5.60 Å². The van der Waals surface area contributed by atoms with Crippen LogP contribution in [0.25, 0.3) is 0 Å². The van der Waals surface area contributed by atoms with Crippen molar-refractivity contribution in [3.8, 4) is 5.75 Å². The zero-order chi connectivity index (χ0) is 13.2. The van der Waals surface area contributed by atoms with Gasteiger partial charge in [0.1, 0.15) is 5.75 Å². The fourth-order valence-corrected chi connectivity index (χ4v) is 2.17. The van der Waals surface area contributed by atoms with Crippen molar-refractivity contribution in [3.05, 3.63) is 29.3 Å². The fourth-order valence-electron chi connectivity index (χ4n) is 2.17. The van der Waals surface area contributed by atoms with Crippen molar-refractivity contribution >= 4 is 6.09 Å². The first kappa shape index (κ1) is 12.7. The van der Waals surface area contributed by atoms with Gasteiger partial charge in [-0.15, -0.1) is 0 Å². The van der Waals surface area contributed by atoms with Crippen LogP contribution in [0.4, 0.5) is 4.79 Å². The SMILES string of the molecule is CCc1ccc(OC)c(C2(CN)CNC(=O)O2)c1. The Morgan fingerprint density at radius 3 is 2.83 bits per heavy atom. The van der Waals surface area contributed by atoms with Gasteiger partial charge in [-0.2, -0.15) is 0 Å². The first-order valence-electron chi connectivity index (χ1n) is 5.99. The maximum Gasteiger partial charge on any atom is 0.408 e. The summed E-state index contributed by atoms with van der Waals surface area (Å²) < 4.78 is 10.7. The molecule has 5 heteroatoms. The monoisotopic (exact) mass is 250 g/mol. The van der Waals surface area contributed by atoms with Crippen LogP contribution in [0.1, 0.15) is 18.1 Å². The van der Waals surface area contributed by atoms with E-state index in [2.05, 4.69) is 12.2 Å². The Labute approximate surface area is 106 Å². The minimum Gasteiger partial charge on any atom is -0.496 e. The number of ether oxygens (including phenoxy) is 2. The summed E-state index contributed by atoms with van der Waals surface area (Å²) in [5, 5.41) is 2.65. The Morgan fingerprint density at radius 1 is 1.56 bits per heavy atom. The molecule has 1 atom stereocenters. The normalized spacial score (nSPS) is 22.5. The standard InChI is InChI=1S/C13H18N2O3/c1-3-9-4-5-11(17-2)10(6-9)13(7-14)8-15-12(16)18-13/h4-6H,3,7-8,14H2,1-2H3,(H,15,16). The summed E-state index contributed by atoms with van der Waals surface area (Å²) in [6, 6.07) is 5.88. The molecular formula is C13H18N2O3. The third-order valence-corrected chi connectivity index (χ3v) is 3.30. The number of cyclic esters (lactones) is 1. The second-order valence-corrected chi connectivity index (χ2v) is 4.33. The van der Waals surface area contributed by atoms with Gasteiger partial charge in [0.05, 0.1) is 13.7 Å². The van der Waals surface area contributed by atoms with Crippen molar-refractivity contribution in [1.29, 1.82) is 0 Å². The van der Waals surface area contributed by atoms with E-state index in [1.54, 1.807) is 7.11 Å². The molecule has 1 amide bonds.